The SMILES string of the molecule is C[C@@H](OCc1ccccc1)C(=O)N1CCC[C@H]1C(=O)O. The summed E-state index contributed by atoms with van der Waals surface area (Å²) in [4.78, 5) is 24.7. The summed E-state index contributed by atoms with van der Waals surface area (Å²) < 4.78 is 5.55. The summed E-state index contributed by atoms with van der Waals surface area (Å²) in [5.74, 6) is -1.18. The zero-order chi connectivity index (χ0) is 14.5. The Balaban J connectivity index is 1.90. The zero-order valence-electron chi connectivity index (χ0n) is 11.5. The average molecular weight is 277 g/mol. The summed E-state index contributed by atoms with van der Waals surface area (Å²) in [6.07, 6.45) is 0.621. The van der Waals surface area contributed by atoms with Crippen LogP contribution in [0.4, 0.5) is 0 Å². The summed E-state index contributed by atoms with van der Waals surface area (Å²) in [7, 11) is 0. The van der Waals surface area contributed by atoms with Gasteiger partial charge in [-0.1, -0.05) is 30.3 Å². The lowest BCUT2D eigenvalue weighted by Crippen LogP contribution is -2.45. The van der Waals surface area contributed by atoms with E-state index in [0.29, 0.717) is 19.6 Å². The second-order valence-electron chi connectivity index (χ2n) is 4.97. The van der Waals surface area contributed by atoms with Gasteiger partial charge in [-0.2, -0.15) is 0 Å². The van der Waals surface area contributed by atoms with Crippen molar-refractivity contribution in [2.24, 2.45) is 0 Å². The summed E-state index contributed by atoms with van der Waals surface area (Å²) in [5, 5.41) is 9.09. The summed E-state index contributed by atoms with van der Waals surface area (Å²) in [6.45, 7) is 2.51. The topological polar surface area (TPSA) is 66.8 Å². The molecule has 5 heteroatoms. The molecule has 1 N–H and O–H groups in total. The van der Waals surface area contributed by atoms with Crippen molar-refractivity contribution >= 4 is 11.9 Å². The Labute approximate surface area is 118 Å². The largest absolute Gasteiger partial charge is 0.480 e. The second-order valence-corrected chi connectivity index (χ2v) is 4.97. The van der Waals surface area contributed by atoms with E-state index >= 15 is 0 Å². The number of carbonyl (C=O) groups is 2. The number of carboxylic acids is 1. The van der Waals surface area contributed by atoms with Crippen LogP contribution in [-0.2, 0) is 20.9 Å². The number of carboxylic acid groups (broad SMARTS) is 1. The van der Waals surface area contributed by atoms with Gasteiger partial charge in [-0.05, 0) is 25.3 Å². The number of rotatable bonds is 5. The summed E-state index contributed by atoms with van der Waals surface area (Å²) in [5.41, 5.74) is 0.989. The van der Waals surface area contributed by atoms with Crippen LogP contribution in [0, 0.1) is 0 Å². The predicted octanol–water partition coefficient (Wildman–Crippen LogP) is 1.67. The number of aliphatic carboxylic acids is 1. The fraction of sp³-hybridized carbons (Fsp3) is 0.467. The minimum atomic E-state index is -0.939. The molecule has 2 atom stereocenters. The summed E-state index contributed by atoms with van der Waals surface area (Å²) in [6, 6.07) is 8.88. The van der Waals surface area contributed by atoms with Gasteiger partial charge in [0.1, 0.15) is 12.1 Å². The minimum Gasteiger partial charge on any atom is -0.480 e. The Hall–Kier alpha value is -1.88. The van der Waals surface area contributed by atoms with Gasteiger partial charge in [-0.15, -0.1) is 0 Å². The van der Waals surface area contributed by atoms with Crippen LogP contribution in [0.5, 0.6) is 0 Å². The molecule has 108 valence electrons. The lowest BCUT2D eigenvalue weighted by atomic mass is 10.2. The lowest BCUT2D eigenvalue weighted by Gasteiger charge is -2.24. The smallest absolute Gasteiger partial charge is 0.326 e. The van der Waals surface area contributed by atoms with Crippen molar-refractivity contribution in [3.05, 3.63) is 35.9 Å². The van der Waals surface area contributed by atoms with Crippen LogP contribution in [0.25, 0.3) is 0 Å². The molecule has 1 aliphatic heterocycles. The van der Waals surface area contributed by atoms with Crippen LogP contribution in [0.1, 0.15) is 25.3 Å². The van der Waals surface area contributed by atoms with Crippen LogP contribution in [0.2, 0.25) is 0 Å². The molecule has 1 saturated heterocycles. The van der Waals surface area contributed by atoms with Gasteiger partial charge in [0.05, 0.1) is 6.61 Å². The maximum Gasteiger partial charge on any atom is 0.326 e. The van der Waals surface area contributed by atoms with Crippen molar-refractivity contribution in [2.75, 3.05) is 6.54 Å². The Bertz CT molecular complexity index is 474. The normalized spacial score (nSPS) is 19.9. The highest BCUT2D eigenvalue weighted by Gasteiger charge is 2.36. The molecule has 1 aromatic carbocycles. The number of hydrogen-bond acceptors (Lipinski definition) is 3. The number of carbonyl (C=O) groups excluding carboxylic acids is 1. The van der Waals surface area contributed by atoms with Gasteiger partial charge in [0.25, 0.3) is 5.91 Å². The van der Waals surface area contributed by atoms with Crippen molar-refractivity contribution < 1.29 is 19.4 Å². The molecule has 1 aliphatic rings. The van der Waals surface area contributed by atoms with Crippen LogP contribution >= 0.6 is 0 Å². The molecule has 5 nitrogen and oxygen atoms in total. The van der Waals surface area contributed by atoms with Crippen molar-refractivity contribution in [1.82, 2.24) is 4.90 Å². The average Bonchev–Trinajstić information content (AvgIpc) is 2.94. The molecule has 0 spiro atoms. The fourth-order valence-electron chi connectivity index (χ4n) is 2.39. The molecule has 0 unspecified atom stereocenters. The highest BCUT2D eigenvalue weighted by Crippen LogP contribution is 2.19. The third kappa shape index (κ3) is 3.36. The zero-order valence-corrected chi connectivity index (χ0v) is 11.5. The first-order valence-corrected chi connectivity index (χ1v) is 6.78. The van der Waals surface area contributed by atoms with Gasteiger partial charge < -0.3 is 14.7 Å². The third-order valence-corrected chi connectivity index (χ3v) is 3.51. The number of ether oxygens (including phenoxy) is 1. The van der Waals surface area contributed by atoms with E-state index in [2.05, 4.69) is 0 Å². The van der Waals surface area contributed by atoms with E-state index in [-0.39, 0.29) is 5.91 Å². The highest BCUT2D eigenvalue weighted by atomic mass is 16.5. The first-order chi connectivity index (χ1) is 9.59. The van der Waals surface area contributed by atoms with E-state index in [1.54, 1.807) is 6.92 Å². The number of amides is 1. The van der Waals surface area contributed by atoms with E-state index in [4.69, 9.17) is 9.84 Å². The Morgan fingerprint density at radius 2 is 2.10 bits per heavy atom. The van der Waals surface area contributed by atoms with Crippen LogP contribution in [0.3, 0.4) is 0 Å². The predicted molar refractivity (Wildman–Crippen MR) is 73.1 cm³/mol. The molecule has 1 amide bonds. The minimum absolute atomic E-state index is 0.245. The van der Waals surface area contributed by atoms with Crippen molar-refractivity contribution in [1.29, 1.82) is 0 Å². The van der Waals surface area contributed by atoms with E-state index in [1.807, 2.05) is 30.3 Å². The van der Waals surface area contributed by atoms with E-state index in [9.17, 15) is 9.59 Å². The molecule has 20 heavy (non-hydrogen) atoms. The van der Waals surface area contributed by atoms with Crippen LogP contribution in [-0.4, -0.2) is 40.6 Å². The Morgan fingerprint density at radius 3 is 2.75 bits per heavy atom. The first-order valence-electron chi connectivity index (χ1n) is 6.78. The lowest BCUT2D eigenvalue weighted by molar-refractivity contribution is -0.153. The molecule has 1 heterocycles. The van der Waals surface area contributed by atoms with Gasteiger partial charge in [0, 0.05) is 6.54 Å². The van der Waals surface area contributed by atoms with E-state index in [0.717, 1.165) is 12.0 Å². The van der Waals surface area contributed by atoms with E-state index in [1.165, 1.54) is 4.90 Å². The van der Waals surface area contributed by atoms with Crippen molar-refractivity contribution in [3.8, 4) is 0 Å². The number of likely N-dealkylation sites (tertiary alicyclic amines) is 1. The van der Waals surface area contributed by atoms with E-state index < -0.39 is 18.1 Å². The van der Waals surface area contributed by atoms with Gasteiger partial charge in [0.15, 0.2) is 0 Å². The molecular weight excluding hydrogens is 258 g/mol. The second kappa shape index (κ2) is 6.52. The monoisotopic (exact) mass is 277 g/mol. The van der Waals surface area contributed by atoms with Gasteiger partial charge in [0.2, 0.25) is 0 Å². The molecule has 2 rings (SSSR count). The Kier molecular flexibility index (Phi) is 4.74. The fourth-order valence-corrected chi connectivity index (χ4v) is 2.39. The maximum atomic E-state index is 12.2. The number of nitrogens with zero attached hydrogens (tertiary/aromatic N) is 1. The number of benzene rings is 1. The standard InChI is InChI=1S/C15H19NO4/c1-11(20-10-12-6-3-2-4-7-12)14(17)16-9-5-8-13(16)15(18)19/h2-4,6-7,11,13H,5,8-10H2,1H3,(H,18,19)/t11-,13+/m1/s1. The molecule has 1 fully saturated rings. The third-order valence-electron chi connectivity index (χ3n) is 3.51. The quantitative estimate of drug-likeness (QED) is 0.889. The molecule has 0 radical (unpaired) electrons. The van der Waals surface area contributed by atoms with Crippen molar-refractivity contribution in [3.63, 3.8) is 0 Å². The van der Waals surface area contributed by atoms with Crippen LogP contribution in [0.15, 0.2) is 30.3 Å². The molecular formula is C15H19NO4. The van der Waals surface area contributed by atoms with Crippen molar-refractivity contribution in [2.45, 2.75) is 38.5 Å². The number of hydrogen-bond donors (Lipinski definition) is 1. The molecule has 0 bridgehead atoms. The maximum absolute atomic E-state index is 12.2. The van der Waals surface area contributed by atoms with Gasteiger partial charge >= 0.3 is 5.97 Å². The molecule has 1 aromatic rings. The molecule has 0 aromatic heterocycles. The Morgan fingerprint density at radius 1 is 1.40 bits per heavy atom. The van der Waals surface area contributed by atoms with Gasteiger partial charge in [-0.25, -0.2) is 4.79 Å². The van der Waals surface area contributed by atoms with Gasteiger partial charge in [-0.3, -0.25) is 4.79 Å². The molecule has 0 aliphatic carbocycles. The highest BCUT2D eigenvalue weighted by molar-refractivity contribution is 5.86. The summed E-state index contributed by atoms with van der Waals surface area (Å²) >= 11 is 0. The first kappa shape index (κ1) is 14.5. The van der Waals surface area contributed by atoms with Crippen LogP contribution < -0.4 is 0 Å². The molecule has 0 saturated carbocycles.